The highest BCUT2D eigenvalue weighted by atomic mass is 32.2. The molecule has 0 aliphatic rings. The van der Waals surface area contributed by atoms with Crippen LogP contribution in [-0.4, -0.2) is 29.9 Å². The number of carboxylic acid groups (broad SMARTS) is 1. The van der Waals surface area contributed by atoms with Gasteiger partial charge in [0.25, 0.3) is 5.22 Å². The average Bonchev–Trinajstić information content (AvgIpc) is 2.97. The van der Waals surface area contributed by atoms with Gasteiger partial charge in [0.15, 0.2) is 11.5 Å². The Bertz CT molecular complexity index is 807. The van der Waals surface area contributed by atoms with Gasteiger partial charge in [-0.15, -0.1) is 16.6 Å². The fourth-order valence-electron chi connectivity index (χ4n) is 1.71. The second kappa shape index (κ2) is 8.08. The molecular formula is C16H13N2O5S-. The van der Waals surface area contributed by atoms with Gasteiger partial charge in [0, 0.05) is 11.8 Å². The van der Waals surface area contributed by atoms with E-state index in [2.05, 4.69) is 16.1 Å². The van der Waals surface area contributed by atoms with Crippen LogP contribution in [0.25, 0.3) is 6.08 Å². The van der Waals surface area contributed by atoms with Crippen LogP contribution in [0.3, 0.4) is 0 Å². The summed E-state index contributed by atoms with van der Waals surface area (Å²) >= 11 is 0.804. The number of carbonyl (C=O) groups excluding carboxylic acids is 1. The Labute approximate surface area is 142 Å². The minimum Gasteiger partial charge on any atom is -0.544 e. The third kappa shape index (κ3) is 4.54. The Kier molecular flexibility index (Phi) is 5.87. The molecule has 0 unspecified atom stereocenters. The van der Waals surface area contributed by atoms with Crippen LogP contribution < -0.4 is 14.6 Å². The molecule has 0 atom stereocenters. The molecule has 0 spiro atoms. The lowest BCUT2D eigenvalue weighted by Gasteiger charge is -2.10. The lowest BCUT2D eigenvalue weighted by Crippen LogP contribution is -2.23. The third-order valence-corrected chi connectivity index (χ3v) is 3.55. The highest BCUT2D eigenvalue weighted by Gasteiger charge is 2.10. The van der Waals surface area contributed by atoms with E-state index in [0.29, 0.717) is 23.0 Å². The van der Waals surface area contributed by atoms with Crippen LogP contribution in [0.5, 0.6) is 11.5 Å². The van der Waals surface area contributed by atoms with Gasteiger partial charge < -0.3 is 23.8 Å². The summed E-state index contributed by atoms with van der Waals surface area (Å²) in [5.41, 5.74) is 0.572. The SMILES string of the molecule is C#CCOc1ccc(/C=C(\Sc2nnc(C)o2)C(=O)[O-])cc1OC. The summed E-state index contributed by atoms with van der Waals surface area (Å²) in [6.07, 6.45) is 6.56. The molecule has 0 radical (unpaired) electrons. The van der Waals surface area contributed by atoms with E-state index in [1.165, 1.54) is 13.2 Å². The van der Waals surface area contributed by atoms with Crippen LogP contribution in [0.15, 0.2) is 32.7 Å². The molecule has 8 heteroatoms. The largest absolute Gasteiger partial charge is 0.544 e. The molecule has 24 heavy (non-hydrogen) atoms. The number of aromatic nitrogens is 2. The summed E-state index contributed by atoms with van der Waals surface area (Å²) in [4.78, 5) is 11.2. The van der Waals surface area contributed by atoms with E-state index in [1.54, 1.807) is 25.1 Å². The van der Waals surface area contributed by atoms with E-state index in [9.17, 15) is 9.90 Å². The van der Waals surface area contributed by atoms with Gasteiger partial charge in [0.1, 0.15) is 6.61 Å². The maximum absolute atomic E-state index is 11.3. The smallest absolute Gasteiger partial charge is 0.281 e. The van der Waals surface area contributed by atoms with Gasteiger partial charge in [-0.05, 0) is 35.5 Å². The number of aryl methyl sites for hydroxylation is 1. The number of hydrogen-bond donors (Lipinski definition) is 0. The van der Waals surface area contributed by atoms with Crippen LogP contribution in [0, 0.1) is 19.3 Å². The van der Waals surface area contributed by atoms with Gasteiger partial charge in [0.05, 0.1) is 13.1 Å². The molecule has 7 nitrogen and oxygen atoms in total. The number of carbonyl (C=O) groups is 1. The van der Waals surface area contributed by atoms with Gasteiger partial charge in [-0.1, -0.05) is 12.0 Å². The number of methoxy groups -OCH3 is 1. The summed E-state index contributed by atoms with van der Waals surface area (Å²) < 4.78 is 15.7. The first-order valence-electron chi connectivity index (χ1n) is 6.68. The van der Waals surface area contributed by atoms with Crippen LogP contribution in [0.4, 0.5) is 0 Å². The number of thioether (sulfide) groups is 1. The van der Waals surface area contributed by atoms with E-state index in [0.717, 1.165) is 11.8 Å². The van der Waals surface area contributed by atoms with Crippen molar-refractivity contribution in [3.8, 4) is 23.8 Å². The molecular weight excluding hydrogens is 332 g/mol. The molecule has 2 aromatic rings. The van der Waals surface area contributed by atoms with Gasteiger partial charge in [-0.25, -0.2) is 0 Å². The monoisotopic (exact) mass is 345 g/mol. The molecule has 124 valence electrons. The van der Waals surface area contributed by atoms with Crippen molar-refractivity contribution in [3.05, 3.63) is 34.6 Å². The molecule has 0 N–H and O–H groups in total. The van der Waals surface area contributed by atoms with Crippen molar-refractivity contribution in [1.29, 1.82) is 0 Å². The van der Waals surface area contributed by atoms with Crippen molar-refractivity contribution in [1.82, 2.24) is 10.2 Å². The Balaban J connectivity index is 2.28. The first-order valence-corrected chi connectivity index (χ1v) is 7.50. The van der Waals surface area contributed by atoms with E-state index in [4.69, 9.17) is 20.3 Å². The summed E-state index contributed by atoms with van der Waals surface area (Å²) in [7, 11) is 1.47. The molecule has 1 aromatic carbocycles. The first kappa shape index (κ1) is 17.4. The fourth-order valence-corrected chi connectivity index (χ4v) is 2.42. The molecule has 2 rings (SSSR count). The van der Waals surface area contributed by atoms with Crippen LogP contribution >= 0.6 is 11.8 Å². The maximum atomic E-state index is 11.3. The number of aliphatic carboxylic acids is 1. The van der Waals surface area contributed by atoms with Crippen molar-refractivity contribution in [2.75, 3.05) is 13.7 Å². The molecule has 1 heterocycles. The fraction of sp³-hybridized carbons (Fsp3) is 0.188. The number of hydrogen-bond acceptors (Lipinski definition) is 8. The molecule has 0 amide bonds. The van der Waals surface area contributed by atoms with E-state index in [-0.39, 0.29) is 16.7 Å². The predicted molar refractivity (Wildman–Crippen MR) is 85.2 cm³/mol. The Hall–Kier alpha value is -2.92. The topological polar surface area (TPSA) is 97.5 Å². The van der Waals surface area contributed by atoms with Crippen molar-refractivity contribution < 1.29 is 23.8 Å². The average molecular weight is 345 g/mol. The van der Waals surface area contributed by atoms with Gasteiger partial charge in [-0.2, -0.15) is 0 Å². The van der Waals surface area contributed by atoms with Gasteiger partial charge in [-0.3, -0.25) is 0 Å². The minimum atomic E-state index is -1.36. The third-order valence-electron chi connectivity index (χ3n) is 2.70. The summed E-state index contributed by atoms with van der Waals surface area (Å²) in [5, 5.41) is 18.8. The molecule has 1 aromatic heterocycles. The summed E-state index contributed by atoms with van der Waals surface area (Å²) in [6, 6.07) is 4.92. The number of rotatable bonds is 7. The lowest BCUT2D eigenvalue weighted by atomic mass is 10.2. The van der Waals surface area contributed by atoms with Crippen molar-refractivity contribution in [2.24, 2.45) is 0 Å². The van der Waals surface area contributed by atoms with Crippen molar-refractivity contribution in [2.45, 2.75) is 12.1 Å². The van der Waals surface area contributed by atoms with Crippen LogP contribution in [0.1, 0.15) is 11.5 Å². The normalized spacial score (nSPS) is 11.0. The van der Waals surface area contributed by atoms with Gasteiger partial charge >= 0.3 is 0 Å². The molecule has 0 bridgehead atoms. The zero-order valence-electron chi connectivity index (χ0n) is 12.9. The Morgan fingerprint density at radius 3 is 2.83 bits per heavy atom. The first-order chi connectivity index (χ1) is 11.5. The quantitative estimate of drug-likeness (QED) is 0.420. The highest BCUT2D eigenvalue weighted by molar-refractivity contribution is 8.03. The molecule has 0 aliphatic carbocycles. The number of terminal acetylenes is 1. The van der Waals surface area contributed by atoms with E-state index >= 15 is 0 Å². The second-order valence-electron chi connectivity index (χ2n) is 4.39. The number of ether oxygens (including phenoxy) is 2. The lowest BCUT2D eigenvalue weighted by molar-refractivity contribution is -0.298. The number of benzene rings is 1. The van der Waals surface area contributed by atoms with Crippen LogP contribution in [0.2, 0.25) is 0 Å². The second-order valence-corrected chi connectivity index (χ2v) is 5.38. The maximum Gasteiger partial charge on any atom is 0.281 e. The molecule has 0 fully saturated rings. The predicted octanol–water partition coefficient (Wildman–Crippen LogP) is 1.28. The summed E-state index contributed by atoms with van der Waals surface area (Å²) in [5.74, 6) is 2.22. The Morgan fingerprint density at radius 2 is 2.25 bits per heavy atom. The molecule has 0 aliphatic heterocycles. The van der Waals surface area contributed by atoms with Crippen molar-refractivity contribution in [3.63, 3.8) is 0 Å². The number of carboxylic acids is 1. The zero-order chi connectivity index (χ0) is 17.5. The highest BCUT2D eigenvalue weighted by Crippen LogP contribution is 2.31. The van der Waals surface area contributed by atoms with Crippen molar-refractivity contribution >= 4 is 23.8 Å². The van der Waals surface area contributed by atoms with E-state index in [1.807, 2.05) is 0 Å². The number of nitrogens with zero attached hydrogens (tertiary/aromatic N) is 2. The Morgan fingerprint density at radius 1 is 1.46 bits per heavy atom. The standard InChI is InChI=1S/C16H14N2O5S/c1-4-7-22-12-6-5-11(8-13(12)21-3)9-14(15(19)20)24-16-18-17-10(2)23-16/h1,5-6,8-9H,7H2,2-3H3,(H,19,20)/p-1/b14-9-. The van der Waals surface area contributed by atoms with Gasteiger partial charge in [0.2, 0.25) is 5.89 Å². The minimum absolute atomic E-state index is 0.0852. The molecule has 0 saturated carbocycles. The van der Waals surface area contributed by atoms with Crippen LogP contribution in [-0.2, 0) is 4.79 Å². The molecule has 0 saturated heterocycles. The summed E-state index contributed by atoms with van der Waals surface area (Å²) in [6.45, 7) is 1.71. The zero-order valence-corrected chi connectivity index (χ0v) is 13.8. The van der Waals surface area contributed by atoms with E-state index < -0.39 is 5.97 Å².